The normalized spacial score (nSPS) is 12.8. The Morgan fingerprint density at radius 1 is 0.857 bits per heavy atom. The van der Waals surface area contributed by atoms with Crippen molar-refractivity contribution in [1.82, 2.24) is 15.4 Å². The molecule has 174 valence electrons. The molecule has 7 heteroatoms. The minimum atomic E-state index is -0.620. The number of hydrogen-bond donors (Lipinski definition) is 1. The Labute approximate surface area is 202 Å². The summed E-state index contributed by atoms with van der Waals surface area (Å²) in [4.78, 5) is 44.4. The molecule has 0 bridgehead atoms. The zero-order valence-corrected chi connectivity index (χ0v) is 19.2. The first-order valence-electron chi connectivity index (χ1n) is 11.3. The van der Waals surface area contributed by atoms with Gasteiger partial charge in [0.25, 0.3) is 17.7 Å². The number of nitrogens with zero attached hydrogens (tertiary/aromatic N) is 2. The number of fused-ring (bicyclic) bond motifs is 3. The van der Waals surface area contributed by atoms with Gasteiger partial charge >= 0.3 is 0 Å². The zero-order chi connectivity index (χ0) is 24.4. The van der Waals surface area contributed by atoms with Crippen molar-refractivity contribution < 1.29 is 19.1 Å². The molecule has 0 atom stereocenters. The van der Waals surface area contributed by atoms with Crippen molar-refractivity contribution in [2.75, 3.05) is 7.11 Å². The van der Waals surface area contributed by atoms with Gasteiger partial charge in [0.2, 0.25) is 0 Å². The van der Waals surface area contributed by atoms with Crippen molar-refractivity contribution >= 4 is 28.6 Å². The molecule has 7 nitrogen and oxygen atoms in total. The molecule has 1 N–H and O–H groups in total. The molecular weight excluding hydrogens is 442 g/mol. The molecule has 0 unspecified atom stereocenters. The summed E-state index contributed by atoms with van der Waals surface area (Å²) in [5, 5.41) is 1.34. The van der Waals surface area contributed by atoms with E-state index in [0.29, 0.717) is 28.6 Å². The number of carbonyl (C=O) groups excluding carboxylic acids is 3. The largest absolute Gasteiger partial charge is 0.378 e. The minimum Gasteiger partial charge on any atom is -0.378 e. The molecule has 0 aliphatic carbocycles. The van der Waals surface area contributed by atoms with E-state index in [1.165, 1.54) is 7.11 Å². The van der Waals surface area contributed by atoms with Crippen LogP contribution in [0.3, 0.4) is 0 Å². The van der Waals surface area contributed by atoms with Gasteiger partial charge in [-0.15, -0.1) is 0 Å². The van der Waals surface area contributed by atoms with Crippen molar-refractivity contribution in [2.24, 2.45) is 0 Å². The number of benzene rings is 3. The Bertz CT molecular complexity index is 1450. The number of carbonyl (C=O) groups is 3. The van der Waals surface area contributed by atoms with Crippen molar-refractivity contribution in [2.45, 2.75) is 19.4 Å². The maximum atomic E-state index is 13.4. The predicted molar refractivity (Wildman–Crippen MR) is 131 cm³/mol. The summed E-state index contributed by atoms with van der Waals surface area (Å²) in [7, 11) is 1.50. The van der Waals surface area contributed by atoms with E-state index < -0.39 is 17.7 Å². The summed E-state index contributed by atoms with van der Waals surface area (Å²) in [5.41, 5.74) is 6.28. The molecule has 3 aromatic carbocycles. The van der Waals surface area contributed by atoms with Gasteiger partial charge in [-0.05, 0) is 36.1 Å². The standard InChI is InChI=1S/C28H23N3O4/c1-35-17-23-25-24(21-13-7-8-14-22(21)29-23)27(33)31(28(25)34)30-26(32)20-12-6-5-11-19(20)16-15-18-9-3-2-4-10-18/h2-14H,15-17H2,1H3,(H,30,32). The fourth-order valence-corrected chi connectivity index (χ4v) is 4.42. The average Bonchev–Trinajstić information content (AvgIpc) is 3.14. The molecule has 0 spiro atoms. The zero-order valence-electron chi connectivity index (χ0n) is 19.2. The minimum absolute atomic E-state index is 0.0658. The van der Waals surface area contributed by atoms with Gasteiger partial charge in [-0.1, -0.05) is 66.7 Å². The number of nitrogens with one attached hydrogen (secondary N) is 1. The maximum absolute atomic E-state index is 13.4. The number of hydrogen-bond acceptors (Lipinski definition) is 5. The second-order valence-electron chi connectivity index (χ2n) is 8.29. The third-order valence-electron chi connectivity index (χ3n) is 6.08. The number of imide groups is 1. The molecule has 4 aromatic rings. The molecule has 5 rings (SSSR count). The lowest BCUT2D eigenvalue weighted by molar-refractivity contribution is 0.0517. The Morgan fingerprint density at radius 3 is 2.34 bits per heavy atom. The SMILES string of the molecule is COCc1nc2ccccc2c2c1C(=O)N(NC(=O)c1ccccc1CCc1ccccc1)C2=O. The molecular formula is C28H23N3O4. The summed E-state index contributed by atoms with van der Waals surface area (Å²) in [5.74, 6) is -1.73. The van der Waals surface area contributed by atoms with Crippen molar-refractivity contribution in [1.29, 1.82) is 0 Å². The van der Waals surface area contributed by atoms with Crippen LogP contribution >= 0.6 is 0 Å². The highest BCUT2D eigenvalue weighted by atomic mass is 16.5. The first-order valence-corrected chi connectivity index (χ1v) is 11.3. The summed E-state index contributed by atoms with van der Waals surface area (Å²) in [6.07, 6.45) is 1.40. The van der Waals surface area contributed by atoms with Crippen LogP contribution < -0.4 is 5.43 Å². The van der Waals surface area contributed by atoms with Crippen LogP contribution in [-0.4, -0.2) is 34.8 Å². The number of hydrazine groups is 1. The van der Waals surface area contributed by atoms with E-state index in [1.807, 2.05) is 48.5 Å². The van der Waals surface area contributed by atoms with Gasteiger partial charge in [-0.25, -0.2) is 4.98 Å². The van der Waals surface area contributed by atoms with E-state index in [0.717, 1.165) is 22.6 Å². The van der Waals surface area contributed by atoms with Gasteiger partial charge in [0, 0.05) is 18.1 Å². The molecule has 0 radical (unpaired) electrons. The summed E-state index contributed by atoms with van der Waals surface area (Å²) in [6.45, 7) is 0.0658. The third kappa shape index (κ3) is 4.18. The lowest BCUT2D eigenvalue weighted by Gasteiger charge is -2.17. The smallest absolute Gasteiger partial charge is 0.282 e. The van der Waals surface area contributed by atoms with Gasteiger partial charge in [0.1, 0.15) is 0 Å². The summed E-state index contributed by atoms with van der Waals surface area (Å²) >= 11 is 0. The van der Waals surface area contributed by atoms with E-state index in [9.17, 15) is 14.4 Å². The van der Waals surface area contributed by atoms with Crippen LogP contribution in [0.15, 0.2) is 78.9 Å². The molecule has 3 amide bonds. The fourth-order valence-electron chi connectivity index (χ4n) is 4.42. The van der Waals surface area contributed by atoms with E-state index in [4.69, 9.17) is 4.74 Å². The summed E-state index contributed by atoms with van der Waals surface area (Å²) in [6, 6.07) is 24.3. The van der Waals surface area contributed by atoms with Gasteiger partial charge in [0.15, 0.2) is 0 Å². The number of ether oxygens (including phenoxy) is 1. The van der Waals surface area contributed by atoms with Crippen molar-refractivity contribution in [3.05, 3.63) is 112 Å². The number of aryl methyl sites for hydroxylation is 2. The number of pyridine rings is 1. The van der Waals surface area contributed by atoms with E-state index in [-0.39, 0.29) is 17.7 Å². The Kier molecular flexibility index (Phi) is 6.08. The second kappa shape index (κ2) is 9.48. The Hall–Kier alpha value is -4.36. The van der Waals surface area contributed by atoms with Crippen LogP contribution in [0.4, 0.5) is 0 Å². The van der Waals surface area contributed by atoms with Gasteiger partial charge in [0.05, 0.1) is 28.9 Å². The van der Waals surface area contributed by atoms with E-state index >= 15 is 0 Å². The van der Waals surface area contributed by atoms with Gasteiger partial charge < -0.3 is 4.74 Å². The molecule has 1 aliphatic heterocycles. The Balaban J connectivity index is 1.44. The highest BCUT2D eigenvalue weighted by molar-refractivity contribution is 6.27. The van der Waals surface area contributed by atoms with Crippen LogP contribution in [0.1, 0.15) is 47.9 Å². The molecule has 2 heterocycles. The monoisotopic (exact) mass is 465 g/mol. The molecule has 1 aliphatic rings. The molecule has 1 aromatic heterocycles. The molecule has 0 saturated heterocycles. The second-order valence-corrected chi connectivity index (χ2v) is 8.29. The van der Waals surface area contributed by atoms with Gasteiger partial charge in [-0.3, -0.25) is 19.8 Å². The number of amides is 3. The third-order valence-corrected chi connectivity index (χ3v) is 6.08. The first kappa shape index (κ1) is 22.4. The van der Waals surface area contributed by atoms with E-state index in [2.05, 4.69) is 10.4 Å². The molecule has 0 saturated carbocycles. The summed E-state index contributed by atoms with van der Waals surface area (Å²) < 4.78 is 5.22. The Morgan fingerprint density at radius 2 is 1.54 bits per heavy atom. The highest BCUT2D eigenvalue weighted by Crippen LogP contribution is 2.31. The number of aromatic nitrogens is 1. The van der Waals surface area contributed by atoms with Crippen LogP contribution in [0, 0.1) is 0 Å². The average molecular weight is 466 g/mol. The molecule has 35 heavy (non-hydrogen) atoms. The highest BCUT2D eigenvalue weighted by Gasteiger charge is 2.41. The van der Waals surface area contributed by atoms with Crippen LogP contribution in [0.25, 0.3) is 10.9 Å². The first-order chi connectivity index (χ1) is 17.1. The number of rotatable bonds is 7. The van der Waals surface area contributed by atoms with Crippen LogP contribution in [-0.2, 0) is 24.2 Å². The van der Waals surface area contributed by atoms with E-state index in [1.54, 1.807) is 30.3 Å². The topological polar surface area (TPSA) is 88.6 Å². The number of methoxy groups -OCH3 is 1. The van der Waals surface area contributed by atoms with Crippen LogP contribution in [0.5, 0.6) is 0 Å². The van der Waals surface area contributed by atoms with Crippen molar-refractivity contribution in [3.8, 4) is 0 Å². The molecule has 0 fully saturated rings. The number of para-hydroxylation sites is 1. The lowest BCUT2D eigenvalue weighted by Crippen LogP contribution is -2.46. The quantitative estimate of drug-likeness (QED) is 0.415. The van der Waals surface area contributed by atoms with Gasteiger partial charge in [-0.2, -0.15) is 5.01 Å². The lowest BCUT2D eigenvalue weighted by atomic mass is 9.99. The predicted octanol–water partition coefficient (Wildman–Crippen LogP) is 4.11. The van der Waals surface area contributed by atoms with Crippen LogP contribution in [0.2, 0.25) is 0 Å². The maximum Gasteiger partial charge on any atom is 0.282 e. The fraction of sp³-hybridized carbons (Fsp3) is 0.143. The van der Waals surface area contributed by atoms with Crippen molar-refractivity contribution in [3.63, 3.8) is 0 Å².